The first kappa shape index (κ1) is 9.51. The average molecular weight is 179 g/mol. The highest BCUT2D eigenvalue weighted by Gasteiger charge is 2.07. The molecule has 0 aliphatic heterocycles. The number of hydrogen-bond acceptors (Lipinski definition) is 3. The van der Waals surface area contributed by atoms with Crippen molar-refractivity contribution in [1.82, 2.24) is 4.98 Å². The molecule has 3 N–H and O–H groups in total. The molecule has 1 amide bonds. The zero-order valence-electron chi connectivity index (χ0n) is 7.74. The fourth-order valence-electron chi connectivity index (χ4n) is 1.03. The molecule has 1 heterocycles. The predicted octanol–water partition coefficient (Wildman–Crippen LogP) is 1.00. The number of amides is 1. The average Bonchev–Trinajstić information content (AvgIpc) is 2.03. The third-order valence-electron chi connectivity index (χ3n) is 1.53. The Hall–Kier alpha value is -1.58. The van der Waals surface area contributed by atoms with Crippen molar-refractivity contribution in [3.63, 3.8) is 0 Å². The Labute approximate surface area is 77.2 Å². The van der Waals surface area contributed by atoms with E-state index < -0.39 is 5.91 Å². The van der Waals surface area contributed by atoms with Crippen LogP contribution in [0, 0.1) is 0 Å². The van der Waals surface area contributed by atoms with Crippen LogP contribution in [-0.4, -0.2) is 16.9 Å². The van der Waals surface area contributed by atoms with E-state index >= 15 is 0 Å². The van der Waals surface area contributed by atoms with Gasteiger partial charge in [-0.3, -0.25) is 9.78 Å². The van der Waals surface area contributed by atoms with E-state index in [1.54, 1.807) is 12.3 Å². The second-order valence-corrected chi connectivity index (χ2v) is 3.08. The van der Waals surface area contributed by atoms with Crippen LogP contribution in [0.1, 0.15) is 24.2 Å². The maximum absolute atomic E-state index is 10.9. The highest BCUT2D eigenvalue weighted by Crippen LogP contribution is 2.13. The minimum absolute atomic E-state index is 0.264. The Kier molecular flexibility index (Phi) is 2.84. The maximum atomic E-state index is 10.9. The van der Waals surface area contributed by atoms with Crippen LogP contribution < -0.4 is 11.1 Å². The molecule has 1 rings (SSSR count). The van der Waals surface area contributed by atoms with Crippen LogP contribution >= 0.6 is 0 Å². The van der Waals surface area contributed by atoms with Gasteiger partial charge in [0, 0.05) is 18.4 Å². The third-order valence-corrected chi connectivity index (χ3v) is 1.53. The van der Waals surface area contributed by atoms with Gasteiger partial charge in [-0.25, -0.2) is 0 Å². The maximum Gasteiger partial charge on any atom is 0.252 e. The number of primary amides is 1. The molecule has 0 saturated carbocycles. The van der Waals surface area contributed by atoms with E-state index in [1.165, 1.54) is 6.20 Å². The fraction of sp³-hybridized carbons (Fsp3) is 0.333. The van der Waals surface area contributed by atoms with E-state index in [-0.39, 0.29) is 6.04 Å². The summed E-state index contributed by atoms with van der Waals surface area (Å²) in [6.45, 7) is 3.98. The number of rotatable bonds is 3. The summed E-state index contributed by atoms with van der Waals surface area (Å²) in [4.78, 5) is 14.8. The van der Waals surface area contributed by atoms with Gasteiger partial charge in [0.25, 0.3) is 5.91 Å². The van der Waals surface area contributed by atoms with Crippen molar-refractivity contribution >= 4 is 11.6 Å². The molecule has 0 unspecified atom stereocenters. The molecule has 1 aromatic heterocycles. The van der Waals surface area contributed by atoms with E-state index in [2.05, 4.69) is 10.3 Å². The number of carbonyl (C=O) groups is 1. The number of nitrogens with two attached hydrogens (primary N) is 1. The molecule has 0 bridgehead atoms. The van der Waals surface area contributed by atoms with E-state index in [4.69, 9.17) is 5.73 Å². The summed E-state index contributed by atoms with van der Waals surface area (Å²) in [5.74, 6) is -0.462. The van der Waals surface area contributed by atoms with Gasteiger partial charge in [-0.05, 0) is 19.9 Å². The highest BCUT2D eigenvalue weighted by molar-refractivity contribution is 5.98. The van der Waals surface area contributed by atoms with Crippen LogP contribution in [0.25, 0.3) is 0 Å². The van der Waals surface area contributed by atoms with Gasteiger partial charge in [0.1, 0.15) is 0 Å². The van der Waals surface area contributed by atoms with Crippen molar-refractivity contribution in [2.45, 2.75) is 19.9 Å². The van der Waals surface area contributed by atoms with Crippen molar-refractivity contribution in [3.05, 3.63) is 24.0 Å². The molecule has 1 aromatic rings. The summed E-state index contributed by atoms with van der Waals surface area (Å²) in [6, 6.07) is 2.00. The first-order valence-corrected chi connectivity index (χ1v) is 4.11. The normalized spacial score (nSPS) is 10.1. The van der Waals surface area contributed by atoms with Gasteiger partial charge >= 0.3 is 0 Å². The topological polar surface area (TPSA) is 68.0 Å². The minimum atomic E-state index is -0.462. The summed E-state index contributed by atoms with van der Waals surface area (Å²) in [7, 11) is 0. The number of carbonyl (C=O) groups excluding carboxylic acids is 1. The van der Waals surface area contributed by atoms with Gasteiger partial charge in [-0.1, -0.05) is 0 Å². The van der Waals surface area contributed by atoms with E-state index in [0.717, 1.165) is 5.69 Å². The van der Waals surface area contributed by atoms with Crippen molar-refractivity contribution < 1.29 is 4.79 Å². The number of hydrogen-bond donors (Lipinski definition) is 2. The molecule has 70 valence electrons. The van der Waals surface area contributed by atoms with Gasteiger partial charge < -0.3 is 11.1 Å². The summed E-state index contributed by atoms with van der Waals surface area (Å²) in [5.41, 5.74) is 6.33. The predicted molar refractivity (Wildman–Crippen MR) is 51.5 cm³/mol. The van der Waals surface area contributed by atoms with Crippen molar-refractivity contribution in [2.75, 3.05) is 5.32 Å². The van der Waals surface area contributed by atoms with Gasteiger partial charge in [0.05, 0.1) is 11.3 Å². The molecule has 0 fully saturated rings. The Morgan fingerprint density at radius 2 is 2.31 bits per heavy atom. The Bertz CT molecular complexity index is 309. The number of pyridine rings is 1. The van der Waals surface area contributed by atoms with Gasteiger partial charge in [0.2, 0.25) is 0 Å². The van der Waals surface area contributed by atoms with Crippen LogP contribution in [0.15, 0.2) is 18.5 Å². The van der Waals surface area contributed by atoms with Crippen molar-refractivity contribution in [1.29, 1.82) is 0 Å². The monoisotopic (exact) mass is 179 g/mol. The van der Waals surface area contributed by atoms with Crippen molar-refractivity contribution in [3.8, 4) is 0 Å². The minimum Gasteiger partial charge on any atom is -0.382 e. The Morgan fingerprint density at radius 1 is 1.62 bits per heavy atom. The van der Waals surface area contributed by atoms with Gasteiger partial charge in [0.15, 0.2) is 0 Å². The smallest absolute Gasteiger partial charge is 0.252 e. The van der Waals surface area contributed by atoms with E-state index in [0.29, 0.717) is 5.56 Å². The molecule has 0 aromatic carbocycles. The molecule has 0 aliphatic rings. The first-order chi connectivity index (χ1) is 6.11. The largest absolute Gasteiger partial charge is 0.382 e. The molecule has 0 saturated heterocycles. The SMILES string of the molecule is CC(C)Nc1ccncc1C(N)=O. The lowest BCUT2D eigenvalue weighted by Crippen LogP contribution is -2.17. The Morgan fingerprint density at radius 3 is 2.85 bits per heavy atom. The molecule has 0 atom stereocenters. The molecule has 0 spiro atoms. The van der Waals surface area contributed by atoms with Crippen LogP contribution in [0.4, 0.5) is 5.69 Å². The van der Waals surface area contributed by atoms with E-state index in [9.17, 15) is 4.79 Å². The van der Waals surface area contributed by atoms with Crippen LogP contribution in [0.5, 0.6) is 0 Å². The second kappa shape index (κ2) is 3.89. The van der Waals surface area contributed by atoms with Crippen molar-refractivity contribution in [2.24, 2.45) is 5.73 Å². The zero-order valence-corrected chi connectivity index (χ0v) is 7.74. The van der Waals surface area contributed by atoms with E-state index in [1.807, 2.05) is 13.8 Å². The second-order valence-electron chi connectivity index (χ2n) is 3.08. The summed E-state index contributed by atoms with van der Waals surface area (Å²) in [6.07, 6.45) is 3.09. The lowest BCUT2D eigenvalue weighted by atomic mass is 10.2. The number of anilines is 1. The summed E-state index contributed by atoms with van der Waals surface area (Å²) >= 11 is 0. The highest BCUT2D eigenvalue weighted by atomic mass is 16.1. The molecule has 0 aliphatic carbocycles. The molecule has 13 heavy (non-hydrogen) atoms. The molecular weight excluding hydrogens is 166 g/mol. The summed E-state index contributed by atoms with van der Waals surface area (Å²) in [5, 5.41) is 3.11. The number of nitrogens with zero attached hydrogens (tertiary/aromatic N) is 1. The van der Waals surface area contributed by atoms with Crippen LogP contribution in [0.3, 0.4) is 0 Å². The molecule has 4 nitrogen and oxygen atoms in total. The standard InChI is InChI=1S/C9H13N3O/c1-6(2)12-8-3-4-11-5-7(8)9(10)13/h3-6H,1-2H3,(H2,10,13)(H,11,12). The number of aromatic nitrogens is 1. The molecular formula is C9H13N3O. The molecule has 0 radical (unpaired) electrons. The lowest BCUT2D eigenvalue weighted by Gasteiger charge is -2.11. The lowest BCUT2D eigenvalue weighted by molar-refractivity contribution is 0.100. The first-order valence-electron chi connectivity index (χ1n) is 4.11. The molecule has 4 heteroatoms. The van der Waals surface area contributed by atoms with Gasteiger partial charge in [-0.2, -0.15) is 0 Å². The Balaban J connectivity index is 2.98. The van der Waals surface area contributed by atoms with Crippen LogP contribution in [0.2, 0.25) is 0 Å². The van der Waals surface area contributed by atoms with Gasteiger partial charge in [-0.15, -0.1) is 0 Å². The zero-order chi connectivity index (χ0) is 9.84. The fourth-order valence-corrected chi connectivity index (χ4v) is 1.03. The summed E-state index contributed by atoms with van der Waals surface area (Å²) < 4.78 is 0. The third kappa shape index (κ3) is 2.43. The number of nitrogens with one attached hydrogen (secondary N) is 1. The van der Waals surface area contributed by atoms with Crippen LogP contribution in [-0.2, 0) is 0 Å². The quantitative estimate of drug-likeness (QED) is 0.727.